The number of halogens is 1. The zero-order chi connectivity index (χ0) is 14.4. The van der Waals surface area contributed by atoms with Crippen LogP contribution in [0.4, 0.5) is 4.39 Å². The summed E-state index contributed by atoms with van der Waals surface area (Å²) < 4.78 is 13.6. The number of aliphatic hydroxyl groups excluding tert-OH is 1. The van der Waals surface area contributed by atoms with Crippen LogP contribution in [-0.2, 0) is 13.1 Å². The third-order valence-corrected chi connectivity index (χ3v) is 4.12. The van der Waals surface area contributed by atoms with Gasteiger partial charge in [0.2, 0.25) is 0 Å². The van der Waals surface area contributed by atoms with Crippen LogP contribution in [0.15, 0.2) is 18.2 Å². The van der Waals surface area contributed by atoms with Crippen molar-refractivity contribution >= 4 is 0 Å². The highest BCUT2D eigenvalue weighted by atomic mass is 19.1. The molecule has 0 aromatic heterocycles. The Labute approximate surface area is 120 Å². The predicted octanol–water partition coefficient (Wildman–Crippen LogP) is 2.41. The second-order valence-electron chi connectivity index (χ2n) is 5.66. The van der Waals surface area contributed by atoms with Gasteiger partial charge in [0.05, 0.1) is 6.61 Å². The molecule has 0 saturated heterocycles. The molecular weight excluding hydrogens is 255 g/mol. The van der Waals surface area contributed by atoms with Gasteiger partial charge in [0.15, 0.2) is 0 Å². The molecular formula is C16H25FN2O. The number of rotatable bonds is 6. The molecule has 20 heavy (non-hydrogen) atoms. The van der Waals surface area contributed by atoms with Crippen molar-refractivity contribution < 1.29 is 9.50 Å². The van der Waals surface area contributed by atoms with E-state index in [0.29, 0.717) is 25.7 Å². The normalized spacial score (nSPS) is 16.8. The topological polar surface area (TPSA) is 49.5 Å². The molecule has 0 unspecified atom stereocenters. The zero-order valence-corrected chi connectivity index (χ0v) is 12.0. The van der Waals surface area contributed by atoms with E-state index in [1.165, 1.54) is 38.2 Å². The first-order valence-corrected chi connectivity index (χ1v) is 7.56. The highest BCUT2D eigenvalue weighted by Crippen LogP contribution is 2.24. The van der Waals surface area contributed by atoms with Crippen LogP contribution in [0.1, 0.15) is 43.2 Å². The Morgan fingerprint density at radius 1 is 1.15 bits per heavy atom. The van der Waals surface area contributed by atoms with E-state index in [4.69, 9.17) is 5.73 Å². The first kappa shape index (κ1) is 15.4. The minimum atomic E-state index is -0.226. The monoisotopic (exact) mass is 280 g/mol. The van der Waals surface area contributed by atoms with Crippen LogP contribution in [0.5, 0.6) is 0 Å². The summed E-state index contributed by atoms with van der Waals surface area (Å²) in [6.07, 6.45) is 6.17. The molecule has 0 heterocycles. The second kappa shape index (κ2) is 7.72. The SMILES string of the molecule is NCc1cc(F)cc(CN(CCO)C2CCCCC2)c1. The zero-order valence-electron chi connectivity index (χ0n) is 12.0. The smallest absolute Gasteiger partial charge is 0.123 e. The molecule has 3 nitrogen and oxygen atoms in total. The number of nitrogens with zero attached hydrogens (tertiary/aromatic N) is 1. The van der Waals surface area contributed by atoms with Gasteiger partial charge >= 0.3 is 0 Å². The molecule has 1 aromatic carbocycles. The minimum Gasteiger partial charge on any atom is -0.395 e. The number of aliphatic hydroxyl groups is 1. The standard InChI is InChI=1S/C16H25FN2O/c17-15-9-13(11-18)8-14(10-15)12-19(6-7-20)16-4-2-1-3-5-16/h8-10,16,20H,1-7,11-12,18H2. The molecule has 1 fully saturated rings. The van der Waals surface area contributed by atoms with Crippen molar-refractivity contribution in [3.05, 3.63) is 35.1 Å². The average Bonchev–Trinajstić information content (AvgIpc) is 2.47. The third kappa shape index (κ3) is 4.27. The van der Waals surface area contributed by atoms with Crippen molar-refractivity contribution in [2.75, 3.05) is 13.2 Å². The van der Waals surface area contributed by atoms with Crippen molar-refractivity contribution in [1.82, 2.24) is 4.90 Å². The summed E-state index contributed by atoms with van der Waals surface area (Å²) in [5.74, 6) is -0.226. The van der Waals surface area contributed by atoms with Crippen LogP contribution < -0.4 is 5.73 Å². The van der Waals surface area contributed by atoms with Gasteiger partial charge < -0.3 is 10.8 Å². The van der Waals surface area contributed by atoms with Crippen molar-refractivity contribution in [3.8, 4) is 0 Å². The number of hydrogen-bond donors (Lipinski definition) is 2. The summed E-state index contributed by atoms with van der Waals surface area (Å²) in [6, 6.07) is 5.55. The summed E-state index contributed by atoms with van der Waals surface area (Å²) in [5.41, 5.74) is 7.37. The van der Waals surface area contributed by atoms with Crippen LogP contribution in [0.25, 0.3) is 0 Å². The fraction of sp³-hybridized carbons (Fsp3) is 0.625. The molecule has 0 bridgehead atoms. The van der Waals surface area contributed by atoms with E-state index in [2.05, 4.69) is 4.90 Å². The van der Waals surface area contributed by atoms with Crippen LogP contribution in [0.3, 0.4) is 0 Å². The van der Waals surface area contributed by atoms with Gasteiger partial charge in [-0.3, -0.25) is 4.90 Å². The molecule has 0 spiro atoms. The van der Waals surface area contributed by atoms with Gasteiger partial charge in [-0.05, 0) is 36.1 Å². The lowest BCUT2D eigenvalue weighted by molar-refractivity contribution is 0.117. The molecule has 0 amide bonds. The van der Waals surface area contributed by atoms with E-state index in [1.54, 1.807) is 6.07 Å². The highest BCUT2D eigenvalue weighted by molar-refractivity contribution is 5.24. The molecule has 3 N–H and O–H groups in total. The Morgan fingerprint density at radius 2 is 1.85 bits per heavy atom. The summed E-state index contributed by atoms with van der Waals surface area (Å²) in [7, 11) is 0. The van der Waals surface area contributed by atoms with Gasteiger partial charge in [-0.1, -0.05) is 25.3 Å². The van der Waals surface area contributed by atoms with Gasteiger partial charge in [-0.25, -0.2) is 4.39 Å². The summed E-state index contributed by atoms with van der Waals surface area (Å²) >= 11 is 0. The molecule has 1 saturated carbocycles. The van der Waals surface area contributed by atoms with E-state index in [9.17, 15) is 9.50 Å². The molecule has 1 aliphatic carbocycles. The molecule has 0 atom stereocenters. The number of hydrogen-bond acceptors (Lipinski definition) is 3. The maximum atomic E-state index is 13.6. The fourth-order valence-electron chi connectivity index (χ4n) is 3.13. The van der Waals surface area contributed by atoms with Crippen molar-refractivity contribution in [2.24, 2.45) is 5.73 Å². The average molecular weight is 280 g/mol. The van der Waals surface area contributed by atoms with Crippen molar-refractivity contribution in [2.45, 2.75) is 51.2 Å². The van der Waals surface area contributed by atoms with E-state index in [-0.39, 0.29) is 12.4 Å². The van der Waals surface area contributed by atoms with Crippen molar-refractivity contribution in [1.29, 1.82) is 0 Å². The maximum Gasteiger partial charge on any atom is 0.123 e. The highest BCUT2D eigenvalue weighted by Gasteiger charge is 2.21. The lowest BCUT2D eigenvalue weighted by atomic mass is 9.93. The lowest BCUT2D eigenvalue weighted by Crippen LogP contribution is -2.38. The number of nitrogens with two attached hydrogens (primary N) is 1. The Hall–Kier alpha value is -0.970. The maximum absolute atomic E-state index is 13.6. The largest absolute Gasteiger partial charge is 0.395 e. The first-order chi connectivity index (χ1) is 9.72. The second-order valence-corrected chi connectivity index (χ2v) is 5.66. The quantitative estimate of drug-likeness (QED) is 0.841. The van der Waals surface area contributed by atoms with Crippen LogP contribution in [0, 0.1) is 5.82 Å². The third-order valence-electron chi connectivity index (χ3n) is 4.12. The molecule has 112 valence electrons. The van der Waals surface area contributed by atoms with Crippen LogP contribution in [0.2, 0.25) is 0 Å². The molecule has 4 heteroatoms. The van der Waals surface area contributed by atoms with Crippen LogP contribution >= 0.6 is 0 Å². The summed E-state index contributed by atoms with van der Waals surface area (Å²) in [4.78, 5) is 2.29. The summed E-state index contributed by atoms with van der Waals surface area (Å²) in [6.45, 7) is 1.85. The molecule has 0 radical (unpaired) electrons. The molecule has 1 aliphatic rings. The Kier molecular flexibility index (Phi) is 5.95. The minimum absolute atomic E-state index is 0.148. The fourth-order valence-corrected chi connectivity index (χ4v) is 3.13. The van der Waals surface area contributed by atoms with Gasteiger partial charge in [0, 0.05) is 25.7 Å². The Balaban J connectivity index is 2.08. The Morgan fingerprint density at radius 3 is 2.50 bits per heavy atom. The van der Waals surface area contributed by atoms with E-state index in [0.717, 1.165) is 11.1 Å². The van der Waals surface area contributed by atoms with Gasteiger partial charge in [0.25, 0.3) is 0 Å². The van der Waals surface area contributed by atoms with Crippen molar-refractivity contribution in [3.63, 3.8) is 0 Å². The van der Waals surface area contributed by atoms with Gasteiger partial charge in [-0.15, -0.1) is 0 Å². The lowest BCUT2D eigenvalue weighted by Gasteiger charge is -2.34. The van der Waals surface area contributed by atoms with Gasteiger partial charge in [0.1, 0.15) is 5.82 Å². The molecule has 2 rings (SSSR count). The van der Waals surface area contributed by atoms with E-state index >= 15 is 0 Å². The molecule has 0 aliphatic heterocycles. The molecule has 1 aromatic rings. The van der Waals surface area contributed by atoms with Crippen LogP contribution in [-0.4, -0.2) is 29.2 Å². The first-order valence-electron chi connectivity index (χ1n) is 7.56. The Bertz CT molecular complexity index is 419. The van der Waals surface area contributed by atoms with E-state index < -0.39 is 0 Å². The predicted molar refractivity (Wildman–Crippen MR) is 78.7 cm³/mol. The number of benzene rings is 1. The summed E-state index contributed by atoms with van der Waals surface area (Å²) in [5, 5.41) is 9.26. The van der Waals surface area contributed by atoms with Gasteiger partial charge in [-0.2, -0.15) is 0 Å². The van der Waals surface area contributed by atoms with E-state index in [1.807, 2.05) is 6.07 Å².